The Bertz CT molecular complexity index is 581. The first-order valence-electron chi connectivity index (χ1n) is 6.08. The highest BCUT2D eigenvalue weighted by Crippen LogP contribution is 2.29. The minimum Gasteiger partial charge on any atom is -0.493 e. The van der Waals surface area contributed by atoms with Gasteiger partial charge in [-0.1, -0.05) is 0 Å². The fraction of sp³-hybridized carbons (Fsp3) is 0.286. The molecule has 1 aromatic carbocycles. The van der Waals surface area contributed by atoms with Gasteiger partial charge in [0.2, 0.25) is 0 Å². The molecular formula is C14H15N3O. The van der Waals surface area contributed by atoms with Crippen molar-refractivity contribution >= 4 is 0 Å². The highest BCUT2D eigenvalue weighted by atomic mass is 16.5. The number of fused-ring (bicyclic) bond motifs is 1. The third kappa shape index (κ3) is 1.95. The zero-order valence-corrected chi connectivity index (χ0v) is 10.3. The zero-order valence-electron chi connectivity index (χ0n) is 10.3. The van der Waals surface area contributed by atoms with Gasteiger partial charge >= 0.3 is 0 Å². The fourth-order valence-electron chi connectivity index (χ4n) is 2.10. The quantitative estimate of drug-likeness (QED) is 0.874. The summed E-state index contributed by atoms with van der Waals surface area (Å²) in [5.74, 6) is 1.66. The van der Waals surface area contributed by atoms with Gasteiger partial charge in [0.1, 0.15) is 11.6 Å². The third-order valence-corrected chi connectivity index (χ3v) is 3.07. The van der Waals surface area contributed by atoms with E-state index in [9.17, 15) is 0 Å². The molecular weight excluding hydrogens is 226 g/mol. The van der Waals surface area contributed by atoms with E-state index >= 15 is 0 Å². The Hall–Kier alpha value is -1.94. The zero-order chi connectivity index (χ0) is 12.5. The predicted molar refractivity (Wildman–Crippen MR) is 69.3 cm³/mol. The van der Waals surface area contributed by atoms with Gasteiger partial charge in [-0.05, 0) is 36.8 Å². The van der Waals surface area contributed by atoms with E-state index in [-0.39, 0.29) is 6.04 Å². The molecule has 1 unspecified atom stereocenters. The van der Waals surface area contributed by atoms with Crippen molar-refractivity contribution in [3.05, 3.63) is 41.9 Å². The van der Waals surface area contributed by atoms with E-state index in [0.717, 1.165) is 30.0 Å². The van der Waals surface area contributed by atoms with Crippen LogP contribution in [0, 0.1) is 0 Å². The topological polar surface area (TPSA) is 61.0 Å². The molecule has 1 atom stereocenters. The molecule has 0 bridgehead atoms. The number of benzene rings is 1. The highest BCUT2D eigenvalue weighted by molar-refractivity contribution is 5.62. The van der Waals surface area contributed by atoms with Crippen LogP contribution in [0.3, 0.4) is 0 Å². The minimum absolute atomic E-state index is 0.150. The summed E-state index contributed by atoms with van der Waals surface area (Å²) in [4.78, 5) is 8.67. The fourth-order valence-corrected chi connectivity index (χ4v) is 2.10. The second-order valence-corrected chi connectivity index (χ2v) is 4.51. The highest BCUT2D eigenvalue weighted by Gasteiger charge is 2.13. The van der Waals surface area contributed by atoms with E-state index < -0.39 is 0 Å². The Labute approximate surface area is 106 Å². The van der Waals surface area contributed by atoms with Crippen molar-refractivity contribution in [2.24, 2.45) is 5.73 Å². The van der Waals surface area contributed by atoms with Crippen molar-refractivity contribution < 1.29 is 4.74 Å². The van der Waals surface area contributed by atoms with Crippen LogP contribution in [0.25, 0.3) is 11.3 Å². The van der Waals surface area contributed by atoms with Gasteiger partial charge in [0.25, 0.3) is 0 Å². The van der Waals surface area contributed by atoms with Gasteiger partial charge in [-0.3, -0.25) is 0 Å². The monoisotopic (exact) mass is 241 g/mol. The predicted octanol–water partition coefficient (Wildman–Crippen LogP) is 2.10. The average molecular weight is 241 g/mol. The van der Waals surface area contributed by atoms with E-state index in [1.54, 1.807) is 6.20 Å². The van der Waals surface area contributed by atoms with Crippen molar-refractivity contribution in [3.63, 3.8) is 0 Å². The average Bonchev–Trinajstić information content (AvgIpc) is 2.86. The Morgan fingerprint density at radius 3 is 3.06 bits per heavy atom. The number of ether oxygens (including phenoxy) is 1. The van der Waals surface area contributed by atoms with Crippen LogP contribution in [-0.4, -0.2) is 16.6 Å². The first-order valence-corrected chi connectivity index (χ1v) is 6.08. The first kappa shape index (κ1) is 11.2. The lowest BCUT2D eigenvalue weighted by molar-refractivity contribution is 0.357. The molecule has 4 heteroatoms. The molecule has 0 saturated heterocycles. The maximum Gasteiger partial charge on any atom is 0.145 e. The summed E-state index contributed by atoms with van der Waals surface area (Å²) in [6.07, 6.45) is 2.72. The molecule has 18 heavy (non-hydrogen) atoms. The largest absolute Gasteiger partial charge is 0.493 e. The smallest absolute Gasteiger partial charge is 0.145 e. The lowest BCUT2D eigenvalue weighted by Crippen LogP contribution is -2.09. The van der Waals surface area contributed by atoms with Crippen molar-refractivity contribution in [1.82, 2.24) is 9.97 Å². The molecule has 2 heterocycles. The molecule has 1 aromatic heterocycles. The maximum atomic E-state index is 5.81. The van der Waals surface area contributed by atoms with Gasteiger partial charge in [0.05, 0.1) is 18.3 Å². The van der Waals surface area contributed by atoms with Gasteiger partial charge in [-0.25, -0.2) is 9.97 Å². The molecule has 0 radical (unpaired) electrons. The molecule has 92 valence electrons. The Kier molecular flexibility index (Phi) is 2.72. The van der Waals surface area contributed by atoms with E-state index in [4.69, 9.17) is 10.5 Å². The number of nitrogens with zero attached hydrogens (tertiary/aromatic N) is 2. The van der Waals surface area contributed by atoms with E-state index in [1.807, 2.05) is 25.1 Å². The molecule has 1 aliphatic heterocycles. The van der Waals surface area contributed by atoms with E-state index in [1.165, 1.54) is 5.56 Å². The first-order chi connectivity index (χ1) is 8.74. The maximum absolute atomic E-state index is 5.81. The summed E-state index contributed by atoms with van der Waals surface area (Å²) >= 11 is 0. The Balaban J connectivity index is 2.02. The second kappa shape index (κ2) is 4.38. The minimum atomic E-state index is -0.150. The molecule has 0 fully saturated rings. The Morgan fingerprint density at radius 2 is 2.22 bits per heavy atom. The molecule has 1 aliphatic rings. The summed E-state index contributed by atoms with van der Waals surface area (Å²) in [5.41, 5.74) is 9.05. The normalized spacial score (nSPS) is 15.0. The van der Waals surface area contributed by atoms with Crippen LogP contribution in [-0.2, 0) is 6.42 Å². The molecule has 2 aromatic rings. The number of hydrogen-bond acceptors (Lipinski definition) is 4. The summed E-state index contributed by atoms with van der Waals surface area (Å²) in [7, 11) is 0. The van der Waals surface area contributed by atoms with Gasteiger partial charge in [-0.2, -0.15) is 0 Å². The van der Waals surface area contributed by atoms with Crippen LogP contribution in [0.2, 0.25) is 0 Å². The van der Waals surface area contributed by atoms with Crippen LogP contribution >= 0.6 is 0 Å². The molecule has 0 saturated carbocycles. The summed E-state index contributed by atoms with van der Waals surface area (Å²) in [5, 5.41) is 0. The van der Waals surface area contributed by atoms with Crippen LogP contribution in [0.5, 0.6) is 5.75 Å². The SMILES string of the molecule is CC(N)c1nccc(-c2ccc3c(c2)CCO3)n1. The third-order valence-electron chi connectivity index (χ3n) is 3.07. The molecule has 0 spiro atoms. The van der Waals surface area contributed by atoms with Crippen LogP contribution in [0.4, 0.5) is 0 Å². The van der Waals surface area contributed by atoms with E-state index in [2.05, 4.69) is 16.0 Å². The molecule has 0 amide bonds. The molecule has 0 aliphatic carbocycles. The number of nitrogens with two attached hydrogens (primary N) is 1. The van der Waals surface area contributed by atoms with Crippen molar-refractivity contribution in [2.75, 3.05) is 6.61 Å². The lowest BCUT2D eigenvalue weighted by atomic mass is 10.1. The number of aromatic nitrogens is 2. The van der Waals surface area contributed by atoms with Crippen LogP contribution < -0.4 is 10.5 Å². The van der Waals surface area contributed by atoms with Crippen molar-refractivity contribution in [2.45, 2.75) is 19.4 Å². The van der Waals surface area contributed by atoms with Gasteiger partial charge < -0.3 is 10.5 Å². The molecule has 3 rings (SSSR count). The van der Waals surface area contributed by atoms with Crippen molar-refractivity contribution in [1.29, 1.82) is 0 Å². The second-order valence-electron chi connectivity index (χ2n) is 4.51. The number of rotatable bonds is 2. The molecule has 2 N–H and O–H groups in total. The number of hydrogen-bond donors (Lipinski definition) is 1. The molecule has 4 nitrogen and oxygen atoms in total. The van der Waals surface area contributed by atoms with Gasteiger partial charge in [0.15, 0.2) is 0 Å². The van der Waals surface area contributed by atoms with Crippen molar-refractivity contribution in [3.8, 4) is 17.0 Å². The summed E-state index contributed by atoms with van der Waals surface area (Å²) in [6, 6.07) is 7.92. The van der Waals surface area contributed by atoms with Gasteiger partial charge in [-0.15, -0.1) is 0 Å². The standard InChI is InChI=1S/C14H15N3O/c1-9(15)14-16-6-4-12(17-14)10-2-3-13-11(8-10)5-7-18-13/h2-4,6,8-9H,5,7,15H2,1H3. The Morgan fingerprint density at radius 1 is 1.33 bits per heavy atom. The van der Waals surface area contributed by atoms with Crippen LogP contribution in [0.15, 0.2) is 30.5 Å². The summed E-state index contributed by atoms with van der Waals surface area (Å²) < 4.78 is 5.50. The summed E-state index contributed by atoms with van der Waals surface area (Å²) in [6.45, 7) is 2.66. The van der Waals surface area contributed by atoms with E-state index in [0.29, 0.717) is 5.82 Å². The van der Waals surface area contributed by atoms with Gasteiger partial charge in [0, 0.05) is 18.2 Å². The van der Waals surface area contributed by atoms with Crippen LogP contribution in [0.1, 0.15) is 24.4 Å². The lowest BCUT2D eigenvalue weighted by Gasteiger charge is -2.07.